The van der Waals surface area contributed by atoms with Crippen LogP contribution < -0.4 is 4.74 Å². The van der Waals surface area contributed by atoms with Gasteiger partial charge in [-0.15, -0.1) is 0 Å². The summed E-state index contributed by atoms with van der Waals surface area (Å²) in [6.45, 7) is 7.62. The summed E-state index contributed by atoms with van der Waals surface area (Å²) in [6.07, 6.45) is 11.4. The number of ketones is 1. The Kier molecular flexibility index (Phi) is 9.93. The van der Waals surface area contributed by atoms with Gasteiger partial charge in [0.25, 0.3) is 0 Å². The first kappa shape index (κ1) is 22.0. The second-order valence-corrected chi connectivity index (χ2v) is 7.77. The van der Waals surface area contributed by atoms with Crippen LogP contribution in [-0.4, -0.2) is 36.9 Å². The molecule has 1 aromatic rings. The van der Waals surface area contributed by atoms with Crippen LogP contribution in [-0.2, 0) is 4.79 Å². The molecule has 2 rings (SSSR count). The molecule has 0 unspecified atom stereocenters. The van der Waals surface area contributed by atoms with Crippen molar-refractivity contribution in [3.8, 4) is 5.75 Å². The largest absolute Gasteiger partial charge is 0.494 e. The van der Waals surface area contributed by atoms with Crippen molar-refractivity contribution in [2.75, 3.05) is 26.2 Å². The summed E-state index contributed by atoms with van der Waals surface area (Å²) in [5, 5.41) is 0.640. The van der Waals surface area contributed by atoms with Gasteiger partial charge < -0.3 is 4.74 Å². The van der Waals surface area contributed by atoms with Crippen LogP contribution in [0.5, 0.6) is 5.75 Å². The van der Waals surface area contributed by atoms with Crippen LogP contribution in [0.1, 0.15) is 70.8 Å². The maximum atomic E-state index is 12.2. The Hall–Kier alpha value is -1.32. The fourth-order valence-corrected chi connectivity index (χ4v) is 3.60. The number of carbonyl (C=O) groups excluding carboxylic acids is 1. The summed E-state index contributed by atoms with van der Waals surface area (Å²) in [5.41, 5.74) is 1.74. The summed E-state index contributed by atoms with van der Waals surface area (Å²) in [7, 11) is 0. The van der Waals surface area contributed by atoms with Crippen LogP contribution >= 0.6 is 11.6 Å². The number of Topliss-reactive ketones (excluding diaryl/α,β-unsaturated/α-hetero) is 1. The van der Waals surface area contributed by atoms with Gasteiger partial charge in [0.15, 0.2) is 5.78 Å². The molecule has 1 aliphatic heterocycles. The highest BCUT2D eigenvalue weighted by Crippen LogP contribution is 2.26. The Morgan fingerprint density at radius 3 is 2.56 bits per heavy atom. The summed E-state index contributed by atoms with van der Waals surface area (Å²) in [4.78, 5) is 14.4. The lowest BCUT2D eigenvalue weighted by Gasteiger charge is -2.26. The lowest BCUT2D eigenvalue weighted by molar-refractivity contribution is -0.117. The summed E-state index contributed by atoms with van der Waals surface area (Å²) in [6, 6.07) is 5.76. The van der Waals surface area contributed by atoms with E-state index in [0.29, 0.717) is 18.0 Å². The van der Waals surface area contributed by atoms with E-state index in [0.717, 1.165) is 43.0 Å². The third-order valence-electron chi connectivity index (χ3n) is 5.17. The Labute approximate surface area is 169 Å². The van der Waals surface area contributed by atoms with Crippen molar-refractivity contribution in [3.05, 3.63) is 34.4 Å². The Morgan fingerprint density at radius 2 is 1.85 bits per heavy atom. The normalized spacial score (nSPS) is 16.9. The number of rotatable bonds is 11. The van der Waals surface area contributed by atoms with Gasteiger partial charge in [-0.2, -0.15) is 0 Å². The fourth-order valence-electron chi connectivity index (χ4n) is 3.38. The highest BCUT2D eigenvalue weighted by molar-refractivity contribution is 6.32. The van der Waals surface area contributed by atoms with Crippen LogP contribution in [0.4, 0.5) is 0 Å². The van der Waals surface area contributed by atoms with Crippen molar-refractivity contribution in [2.45, 2.75) is 65.2 Å². The first-order chi connectivity index (χ1) is 13.1. The smallest absolute Gasteiger partial charge is 0.161 e. The molecule has 0 aromatic heterocycles. The summed E-state index contributed by atoms with van der Waals surface area (Å²) in [5.74, 6) is 1.04. The van der Waals surface area contributed by atoms with E-state index >= 15 is 0 Å². The third kappa shape index (κ3) is 7.67. The number of likely N-dealkylation sites (tertiary alicyclic amines) is 1. The van der Waals surface area contributed by atoms with Gasteiger partial charge in [0.05, 0.1) is 11.6 Å². The molecule has 0 spiro atoms. The number of carbonyl (C=O) groups is 1. The lowest BCUT2D eigenvalue weighted by Crippen LogP contribution is -2.35. The number of likely N-dealkylation sites (N-methyl/N-ethyl adjacent to an activating group) is 1. The lowest BCUT2D eigenvalue weighted by atomic mass is 10.0. The second-order valence-electron chi connectivity index (χ2n) is 7.36. The molecule has 1 aromatic carbocycles. The highest BCUT2D eigenvalue weighted by atomic mass is 35.5. The number of nitrogens with zero attached hydrogens (tertiary/aromatic N) is 1. The van der Waals surface area contributed by atoms with Gasteiger partial charge in [-0.25, -0.2) is 0 Å². The molecule has 1 heterocycles. The number of piperidine rings is 1. The number of hydrogen-bond acceptors (Lipinski definition) is 3. The zero-order valence-corrected chi connectivity index (χ0v) is 17.7. The minimum Gasteiger partial charge on any atom is -0.494 e. The highest BCUT2D eigenvalue weighted by Gasteiger charge is 2.20. The van der Waals surface area contributed by atoms with E-state index in [2.05, 4.69) is 18.7 Å². The maximum absolute atomic E-state index is 12.2. The van der Waals surface area contributed by atoms with Crippen molar-refractivity contribution >= 4 is 23.5 Å². The molecule has 0 aliphatic carbocycles. The van der Waals surface area contributed by atoms with E-state index in [1.807, 2.05) is 24.3 Å². The van der Waals surface area contributed by atoms with Crippen LogP contribution in [0.2, 0.25) is 5.02 Å². The van der Waals surface area contributed by atoms with E-state index in [1.165, 1.54) is 38.5 Å². The molecule has 1 saturated heterocycles. The molecule has 1 aliphatic rings. The zero-order chi connectivity index (χ0) is 19.5. The van der Waals surface area contributed by atoms with E-state index in [4.69, 9.17) is 16.3 Å². The van der Waals surface area contributed by atoms with Crippen LogP contribution in [0.3, 0.4) is 0 Å². The first-order valence-electron chi connectivity index (χ1n) is 10.5. The van der Waals surface area contributed by atoms with Crippen molar-refractivity contribution in [1.82, 2.24) is 4.90 Å². The Morgan fingerprint density at radius 1 is 1.11 bits per heavy atom. The molecule has 0 atom stereocenters. The van der Waals surface area contributed by atoms with Gasteiger partial charge in [0, 0.05) is 25.1 Å². The van der Waals surface area contributed by atoms with Gasteiger partial charge in [-0.1, -0.05) is 64.0 Å². The molecular weight excluding hydrogens is 358 g/mol. The van der Waals surface area contributed by atoms with Crippen LogP contribution in [0.25, 0.3) is 6.08 Å². The third-order valence-corrected chi connectivity index (χ3v) is 5.50. The molecule has 150 valence electrons. The average molecular weight is 392 g/mol. The van der Waals surface area contributed by atoms with E-state index < -0.39 is 0 Å². The SMILES string of the molecule is CCCCCCCCCOc1ccc(/C=C2\CN(CC)CCC2=O)c(Cl)c1. The molecule has 0 saturated carbocycles. The van der Waals surface area contributed by atoms with E-state index in [-0.39, 0.29) is 5.78 Å². The molecular formula is C23H34ClNO2. The number of benzene rings is 1. The Bertz CT molecular complexity index is 627. The van der Waals surface area contributed by atoms with Crippen molar-refractivity contribution in [1.29, 1.82) is 0 Å². The monoisotopic (exact) mass is 391 g/mol. The minimum atomic E-state index is 0.232. The van der Waals surface area contributed by atoms with Crippen molar-refractivity contribution in [2.24, 2.45) is 0 Å². The van der Waals surface area contributed by atoms with Gasteiger partial charge in [-0.3, -0.25) is 9.69 Å². The first-order valence-corrected chi connectivity index (χ1v) is 10.9. The number of unbranched alkanes of at least 4 members (excludes halogenated alkanes) is 6. The molecule has 4 heteroatoms. The van der Waals surface area contributed by atoms with Gasteiger partial charge in [0.1, 0.15) is 5.75 Å². The number of hydrogen-bond donors (Lipinski definition) is 0. The summed E-state index contributed by atoms with van der Waals surface area (Å²) >= 11 is 6.43. The predicted molar refractivity (Wildman–Crippen MR) is 115 cm³/mol. The second kappa shape index (κ2) is 12.2. The minimum absolute atomic E-state index is 0.232. The molecule has 0 N–H and O–H groups in total. The van der Waals surface area contributed by atoms with Gasteiger partial charge in [0.2, 0.25) is 0 Å². The zero-order valence-electron chi connectivity index (χ0n) is 16.9. The maximum Gasteiger partial charge on any atom is 0.161 e. The Balaban J connectivity index is 1.81. The van der Waals surface area contributed by atoms with Gasteiger partial charge in [-0.05, 0) is 42.8 Å². The molecule has 0 radical (unpaired) electrons. The standard InChI is InChI=1S/C23H34ClNO2/c1-3-5-6-7-8-9-10-15-27-21-12-11-19(22(24)17-21)16-20-18-25(4-2)14-13-23(20)26/h11-12,16-17H,3-10,13-15,18H2,1-2H3/b20-16+. The quantitative estimate of drug-likeness (QED) is 0.334. The molecule has 1 fully saturated rings. The number of halogens is 1. The molecule has 0 amide bonds. The van der Waals surface area contributed by atoms with Crippen molar-refractivity contribution < 1.29 is 9.53 Å². The average Bonchev–Trinajstić information content (AvgIpc) is 2.67. The van der Waals surface area contributed by atoms with Crippen LogP contribution in [0, 0.1) is 0 Å². The number of ether oxygens (including phenoxy) is 1. The topological polar surface area (TPSA) is 29.5 Å². The predicted octanol–water partition coefficient (Wildman–Crippen LogP) is 6.15. The fraction of sp³-hybridized carbons (Fsp3) is 0.609. The molecule has 0 bridgehead atoms. The van der Waals surface area contributed by atoms with Crippen LogP contribution in [0.15, 0.2) is 23.8 Å². The van der Waals surface area contributed by atoms with Crippen molar-refractivity contribution in [3.63, 3.8) is 0 Å². The van der Waals surface area contributed by atoms with Gasteiger partial charge >= 0.3 is 0 Å². The van der Waals surface area contributed by atoms with E-state index in [9.17, 15) is 4.79 Å². The van der Waals surface area contributed by atoms with E-state index in [1.54, 1.807) is 0 Å². The molecule has 27 heavy (non-hydrogen) atoms. The summed E-state index contributed by atoms with van der Waals surface area (Å²) < 4.78 is 5.83. The molecule has 3 nitrogen and oxygen atoms in total.